The largest absolute Gasteiger partial charge is 0.457 e. The molecule has 106 valence electrons. The minimum Gasteiger partial charge on any atom is -0.457 e. The van der Waals surface area contributed by atoms with Crippen molar-refractivity contribution in [3.8, 4) is 11.5 Å². The molecule has 0 saturated heterocycles. The van der Waals surface area contributed by atoms with Crippen LogP contribution >= 0.6 is 0 Å². The van der Waals surface area contributed by atoms with Gasteiger partial charge in [0, 0.05) is 6.04 Å². The molecule has 20 heavy (non-hydrogen) atoms. The van der Waals surface area contributed by atoms with Gasteiger partial charge in [-0.25, -0.2) is 0 Å². The Morgan fingerprint density at radius 1 is 0.950 bits per heavy atom. The Labute approximate surface area is 121 Å². The summed E-state index contributed by atoms with van der Waals surface area (Å²) in [4.78, 5) is 0. The summed E-state index contributed by atoms with van der Waals surface area (Å²) in [6.45, 7) is 8.51. The molecule has 2 nitrogen and oxygen atoms in total. The smallest absolute Gasteiger partial charge is 0.127 e. The normalized spacial score (nSPS) is 12.5. The number of rotatable bonds is 4. The van der Waals surface area contributed by atoms with Gasteiger partial charge in [-0.2, -0.15) is 0 Å². The van der Waals surface area contributed by atoms with Gasteiger partial charge in [-0.05, 0) is 60.7 Å². The minimum absolute atomic E-state index is 0.0172. The van der Waals surface area contributed by atoms with Crippen molar-refractivity contribution in [2.24, 2.45) is 5.73 Å². The van der Waals surface area contributed by atoms with Crippen molar-refractivity contribution >= 4 is 0 Å². The predicted molar refractivity (Wildman–Crippen MR) is 84.4 cm³/mol. The summed E-state index contributed by atoms with van der Waals surface area (Å²) in [7, 11) is 0. The van der Waals surface area contributed by atoms with Gasteiger partial charge in [0.15, 0.2) is 0 Å². The van der Waals surface area contributed by atoms with Crippen LogP contribution in [-0.4, -0.2) is 0 Å². The van der Waals surface area contributed by atoms with Gasteiger partial charge in [-0.15, -0.1) is 0 Å². The fourth-order valence-corrected chi connectivity index (χ4v) is 2.36. The minimum atomic E-state index is 0.0172. The molecule has 0 saturated carbocycles. The van der Waals surface area contributed by atoms with E-state index in [-0.39, 0.29) is 6.04 Å². The maximum atomic E-state index is 5.93. The van der Waals surface area contributed by atoms with E-state index in [0.717, 1.165) is 17.1 Å². The molecule has 2 rings (SSSR count). The molecule has 2 N–H and O–H groups in total. The Kier molecular flexibility index (Phi) is 4.46. The summed E-state index contributed by atoms with van der Waals surface area (Å²) in [6, 6.07) is 14.2. The van der Waals surface area contributed by atoms with Gasteiger partial charge in [0.1, 0.15) is 11.5 Å². The number of nitrogens with two attached hydrogens (primary N) is 1. The third-order valence-corrected chi connectivity index (χ3v) is 3.48. The van der Waals surface area contributed by atoms with Crippen molar-refractivity contribution in [1.29, 1.82) is 0 Å². The summed E-state index contributed by atoms with van der Waals surface area (Å²) in [5, 5.41) is 0. The number of ether oxygens (including phenoxy) is 1. The van der Waals surface area contributed by atoms with E-state index in [1.165, 1.54) is 11.1 Å². The quantitative estimate of drug-likeness (QED) is 0.854. The topological polar surface area (TPSA) is 35.2 Å². The summed E-state index contributed by atoms with van der Waals surface area (Å²) < 4.78 is 5.93. The molecule has 0 heterocycles. The van der Waals surface area contributed by atoms with Crippen LogP contribution in [0.3, 0.4) is 0 Å². The van der Waals surface area contributed by atoms with Crippen LogP contribution in [-0.2, 0) is 0 Å². The van der Waals surface area contributed by atoms with Crippen LogP contribution in [0.5, 0.6) is 11.5 Å². The van der Waals surface area contributed by atoms with E-state index in [2.05, 4.69) is 32.9 Å². The zero-order valence-corrected chi connectivity index (χ0v) is 12.7. The van der Waals surface area contributed by atoms with Gasteiger partial charge in [0.2, 0.25) is 0 Å². The lowest BCUT2D eigenvalue weighted by Gasteiger charge is -2.13. The average Bonchev–Trinajstić information content (AvgIpc) is 2.38. The lowest BCUT2D eigenvalue weighted by molar-refractivity contribution is 0.480. The van der Waals surface area contributed by atoms with E-state index < -0.39 is 0 Å². The van der Waals surface area contributed by atoms with E-state index in [1.807, 2.05) is 37.3 Å². The van der Waals surface area contributed by atoms with Crippen molar-refractivity contribution < 1.29 is 4.74 Å². The van der Waals surface area contributed by atoms with Crippen LogP contribution in [0.2, 0.25) is 0 Å². The molecule has 0 spiro atoms. The van der Waals surface area contributed by atoms with E-state index in [0.29, 0.717) is 5.92 Å². The predicted octanol–water partition coefficient (Wildman–Crippen LogP) is 4.93. The number of hydrogen-bond donors (Lipinski definition) is 1. The molecule has 0 aliphatic heterocycles. The highest BCUT2D eigenvalue weighted by Crippen LogP contribution is 2.28. The van der Waals surface area contributed by atoms with Gasteiger partial charge >= 0.3 is 0 Å². The number of hydrogen-bond acceptors (Lipinski definition) is 2. The van der Waals surface area contributed by atoms with Gasteiger partial charge < -0.3 is 10.5 Å². The van der Waals surface area contributed by atoms with Crippen molar-refractivity contribution in [2.45, 2.75) is 39.7 Å². The molecule has 0 aliphatic carbocycles. The summed E-state index contributed by atoms with van der Waals surface area (Å²) >= 11 is 0. The summed E-state index contributed by atoms with van der Waals surface area (Å²) in [6.07, 6.45) is 0. The molecular formula is C18H23NO. The van der Waals surface area contributed by atoms with Crippen LogP contribution in [0.15, 0.2) is 42.5 Å². The van der Waals surface area contributed by atoms with Crippen LogP contribution < -0.4 is 10.5 Å². The highest BCUT2D eigenvalue weighted by Gasteiger charge is 2.06. The first-order chi connectivity index (χ1) is 9.47. The molecule has 0 radical (unpaired) electrons. The van der Waals surface area contributed by atoms with Crippen molar-refractivity contribution in [1.82, 2.24) is 0 Å². The van der Waals surface area contributed by atoms with Crippen molar-refractivity contribution in [3.63, 3.8) is 0 Å². The number of benzene rings is 2. The standard InChI is InChI=1S/C18H23NO/c1-12(2)18-9-8-17(10-13(18)3)20-16-7-5-6-15(11-16)14(4)19/h5-12,14H,19H2,1-4H3. The van der Waals surface area contributed by atoms with Gasteiger partial charge in [0.05, 0.1) is 0 Å². The Morgan fingerprint density at radius 2 is 1.65 bits per heavy atom. The Morgan fingerprint density at radius 3 is 2.25 bits per heavy atom. The fourth-order valence-electron chi connectivity index (χ4n) is 2.36. The molecule has 0 aliphatic rings. The monoisotopic (exact) mass is 269 g/mol. The molecule has 0 aromatic heterocycles. The first-order valence-electron chi connectivity index (χ1n) is 7.11. The molecule has 2 heteroatoms. The van der Waals surface area contributed by atoms with Crippen LogP contribution in [0.25, 0.3) is 0 Å². The Balaban J connectivity index is 2.22. The highest BCUT2D eigenvalue weighted by molar-refractivity contribution is 5.40. The van der Waals surface area contributed by atoms with Crippen molar-refractivity contribution in [3.05, 3.63) is 59.2 Å². The molecule has 0 amide bonds. The molecule has 0 fully saturated rings. The lowest BCUT2D eigenvalue weighted by Crippen LogP contribution is -2.04. The fraction of sp³-hybridized carbons (Fsp3) is 0.333. The first-order valence-corrected chi connectivity index (χ1v) is 7.11. The Hall–Kier alpha value is -1.80. The Bertz CT molecular complexity index is 588. The second-order valence-corrected chi connectivity index (χ2v) is 5.64. The summed E-state index contributed by atoms with van der Waals surface area (Å²) in [5.41, 5.74) is 9.61. The van der Waals surface area contributed by atoms with E-state index in [9.17, 15) is 0 Å². The molecule has 0 bridgehead atoms. The zero-order chi connectivity index (χ0) is 14.7. The van der Waals surface area contributed by atoms with Gasteiger partial charge in [-0.1, -0.05) is 32.0 Å². The van der Waals surface area contributed by atoms with E-state index in [1.54, 1.807) is 0 Å². The van der Waals surface area contributed by atoms with Crippen LogP contribution in [0.1, 0.15) is 49.4 Å². The van der Waals surface area contributed by atoms with Gasteiger partial charge in [-0.3, -0.25) is 0 Å². The SMILES string of the molecule is Cc1cc(Oc2cccc(C(C)N)c2)ccc1C(C)C. The zero-order valence-electron chi connectivity index (χ0n) is 12.7. The van der Waals surface area contributed by atoms with Crippen LogP contribution in [0.4, 0.5) is 0 Å². The molecule has 1 unspecified atom stereocenters. The maximum Gasteiger partial charge on any atom is 0.127 e. The third-order valence-electron chi connectivity index (χ3n) is 3.48. The molecular weight excluding hydrogens is 246 g/mol. The van der Waals surface area contributed by atoms with Gasteiger partial charge in [0.25, 0.3) is 0 Å². The average molecular weight is 269 g/mol. The van der Waals surface area contributed by atoms with Crippen LogP contribution in [0, 0.1) is 6.92 Å². The maximum absolute atomic E-state index is 5.93. The first kappa shape index (κ1) is 14.6. The highest BCUT2D eigenvalue weighted by atomic mass is 16.5. The van der Waals surface area contributed by atoms with E-state index >= 15 is 0 Å². The molecule has 2 aromatic carbocycles. The van der Waals surface area contributed by atoms with Crippen molar-refractivity contribution in [2.75, 3.05) is 0 Å². The van der Waals surface area contributed by atoms with E-state index in [4.69, 9.17) is 10.5 Å². The summed E-state index contributed by atoms with van der Waals surface area (Å²) in [5.74, 6) is 2.23. The lowest BCUT2D eigenvalue weighted by atomic mass is 9.98. The second-order valence-electron chi connectivity index (χ2n) is 5.64. The molecule has 1 atom stereocenters. The molecule has 2 aromatic rings. The second kappa shape index (κ2) is 6.10. The number of aryl methyl sites for hydroxylation is 1. The third kappa shape index (κ3) is 3.40.